The maximum atomic E-state index is 12.3. The molecule has 144 valence electrons. The van der Waals surface area contributed by atoms with Crippen LogP contribution in [0.1, 0.15) is 36.9 Å². The summed E-state index contributed by atoms with van der Waals surface area (Å²) in [7, 11) is -3.50. The van der Waals surface area contributed by atoms with E-state index in [-0.39, 0.29) is 29.5 Å². The molecule has 1 aliphatic carbocycles. The van der Waals surface area contributed by atoms with Crippen molar-refractivity contribution in [2.24, 2.45) is 0 Å². The Hall–Kier alpha value is -2.38. The molecule has 1 amide bonds. The average Bonchev–Trinajstić information content (AvgIpc) is 3.44. The zero-order valence-corrected chi connectivity index (χ0v) is 16.3. The lowest BCUT2D eigenvalue weighted by molar-refractivity contribution is -0.123. The highest BCUT2D eigenvalue weighted by Crippen LogP contribution is 2.25. The van der Waals surface area contributed by atoms with Crippen LogP contribution >= 0.6 is 0 Å². The predicted molar refractivity (Wildman–Crippen MR) is 103 cm³/mol. The van der Waals surface area contributed by atoms with E-state index >= 15 is 0 Å². The fraction of sp³-hybridized carbons (Fsp3) is 0.350. The van der Waals surface area contributed by atoms with E-state index in [0.29, 0.717) is 11.3 Å². The van der Waals surface area contributed by atoms with Gasteiger partial charge in [-0.15, -0.1) is 0 Å². The van der Waals surface area contributed by atoms with Crippen molar-refractivity contribution in [3.8, 4) is 5.75 Å². The molecule has 27 heavy (non-hydrogen) atoms. The number of carbonyl (C=O) groups is 1. The van der Waals surface area contributed by atoms with Crippen LogP contribution in [0.15, 0.2) is 53.4 Å². The third-order valence-electron chi connectivity index (χ3n) is 4.39. The molecule has 1 aliphatic rings. The monoisotopic (exact) mass is 388 g/mol. The van der Waals surface area contributed by atoms with Gasteiger partial charge in [0.2, 0.25) is 10.0 Å². The normalized spacial score (nSPS) is 15.2. The minimum absolute atomic E-state index is 0.0570. The molecule has 1 fully saturated rings. The number of benzene rings is 2. The predicted octanol–water partition coefficient (Wildman–Crippen LogP) is 2.69. The van der Waals surface area contributed by atoms with E-state index in [1.54, 1.807) is 19.1 Å². The maximum Gasteiger partial charge on any atom is 0.258 e. The Bertz CT molecular complexity index is 909. The number of nitrogens with one attached hydrogen (secondary N) is 2. The van der Waals surface area contributed by atoms with Gasteiger partial charge in [-0.05, 0) is 56.0 Å². The van der Waals surface area contributed by atoms with Crippen LogP contribution < -0.4 is 14.8 Å². The zero-order valence-electron chi connectivity index (χ0n) is 15.4. The van der Waals surface area contributed by atoms with Gasteiger partial charge in [-0.25, -0.2) is 13.1 Å². The fourth-order valence-corrected chi connectivity index (χ4v) is 4.08. The summed E-state index contributed by atoms with van der Waals surface area (Å²) >= 11 is 0. The number of sulfonamides is 1. The number of hydrogen-bond acceptors (Lipinski definition) is 4. The maximum absolute atomic E-state index is 12.3. The topological polar surface area (TPSA) is 84.5 Å². The molecule has 6 nitrogen and oxygen atoms in total. The molecule has 1 saturated carbocycles. The van der Waals surface area contributed by atoms with Gasteiger partial charge >= 0.3 is 0 Å². The van der Waals surface area contributed by atoms with E-state index in [1.165, 1.54) is 6.07 Å². The summed E-state index contributed by atoms with van der Waals surface area (Å²) in [5.74, 6) is 0.251. The van der Waals surface area contributed by atoms with Crippen LogP contribution in [0.2, 0.25) is 0 Å². The van der Waals surface area contributed by atoms with Crippen LogP contribution in [-0.2, 0) is 14.8 Å². The first-order valence-corrected chi connectivity index (χ1v) is 10.4. The molecule has 0 unspecified atom stereocenters. The van der Waals surface area contributed by atoms with Crippen LogP contribution in [0.3, 0.4) is 0 Å². The van der Waals surface area contributed by atoms with Crippen LogP contribution in [0, 0.1) is 6.92 Å². The molecule has 0 saturated heterocycles. The average molecular weight is 388 g/mol. The molecule has 2 N–H and O–H groups in total. The standard InChI is InChI=1S/C20H24N2O4S/c1-14-12-18(27(24,25)22-17-8-9-17)10-11-19(14)26-13-20(23)21-15(2)16-6-4-3-5-7-16/h3-7,10-12,15,17,22H,8-9,13H2,1-2H3,(H,21,23)/t15-/m0/s1. The van der Waals surface area contributed by atoms with Crippen molar-refractivity contribution < 1.29 is 17.9 Å². The lowest BCUT2D eigenvalue weighted by Crippen LogP contribution is -2.31. The molecule has 3 rings (SSSR count). The first-order valence-electron chi connectivity index (χ1n) is 8.95. The van der Waals surface area contributed by atoms with Gasteiger partial charge in [0.05, 0.1) is 10.9 Å². The first-order chi connectivity index (χ1) is 12.8. The Labute approximate surface area is 160 Å². The van der Waals surface area contributed by atoms with Crippen molar-refractivity contribution in [2.45, 2.75) is 43.7 Å². The van der Waals surface area contributed by atoms with Gasteiger partial charge < -0.3 is 10.1 Å². The van der Waals surface area contributed by atoms with Crippen LogP contribution in [0.4, 0.5) is 0 Å². The molecule has 7 heteroatoms. The van der Waals surface area contributed by atoms with E-state index in [0.717, 1.165) is 18.4 Å². The molecule has 2 aromatic rings. The van der Waals surface area contributed by atoms with E-state index in [1.807, 2.05) is 37.3 Å². The molecular formula is C20H24N2O4S. The van der Waals surface area contributed by atoms with E-state index < -0.39 is 10.0 Å². The molecule has 1 atom stereocenters. The number of ether oxygens (including phenoxy) is 1. The highest BCUT2D eigenvalue weighted by molar-refractivity contribution is 7.89. The number of carbonyl (C=O) groups excluding carboxylic acids is 1. The number of rotatable bonds is 8. The number of amides is 1. The van der Waals surface area contributed by atoms with Crippen LogP contribution in [0.25, 0.3) is 0 Å². The Morgan fingerprint density at radius 1 is 1.19 bits per heavy atom. The van der Waals surface area contributed by atoms with Crippen molar-refractivity contribution in [1.29, 1.82) is 0 Å². The van der Waals surface area contributed by atoms with Gasteiger partial charge in [0, 0.05) is 6.04 Å². The molecule has 0 heterocycles. The van der Waals surface area contributed by atoms with Crippen LogP contribution in [0.5, 0.6) is 5.75 Å². The second-order valence-electron chi connectivity index (χ2n) is 6.81. The van der Waals surface area contributed by atoms with Crippen molar-refractivity contribution in [3.63, 3.8) is 0 Å². The zero-order chi connectivity index (χ0) is 19.4. The molecule has 0 aromatic heterocycles. The Morgan fingerprint density at radius 2 is 1.89 bits per heavy atom. The Morgan fingerprint density at radius 3 is 2.52 bits per heavy atom. The highest BCUT2D eigenvalue weighted by atomic mass is 32.2. The molecule has 2 aromatic carbocycles. The third-order valence-corrected chi connectivity index (χ3v) is 5.91. The van der Waals surface area contributed by atoms with Gasteiger partial charge in [-0.3, -0.25) is 4.79 Å². The third kappa shape index (κ3) is 5.30. The van der Waals surface area contributed by atoms with Gasteiger partial charge in [-0.2, -0.15) is 0 Å². The van der Waals surface area contributed by atoms with E-state index in [9.17, 15) is 13.2 Å². The molecule has 0 radical (unpaired) electrons. The summed E-state index contributed by atoms with van der Waals surface area (Å²) in [5.41, 5.74) is 1.68. The minimum atomic E-state index is -3.50. The minimum Gasteiger partial charge on any atom is -0.484 e. The number of aryl methyl sites for hydroxylation is 1. The summed E-state index contributed by atoms with van der Waals surface area (Å²) in [6.07, 6.45) is 1.77. The van der Waals surface area contributed by atoms with E-state index in [2.05, 4.69) is 10.0 Å². The van der Waals surface area contributed by atoms with Crippen LogP contribution in [-0.4, -0.2) is 27.0 Å². The quantitative estimate of drug-likeness (QED) is 0.728. The highest BCUT2D eigenvalue weighted by Gasteiger charge is 2.28. The van der Waals surface area contributed by atoms with Gasteiger partial charge in [0.1, 0.15) is 5.75 Å². The van der Waals surface area contributed by atoms with E-state index in [4.69, 9.17) is 4.74 Å². The summed E-state index contributed by atoms with van der Waals surface area (Å²) in [6.45, 7) is 3.53. The first kappa shape index (κ1) is 19.4. The Balaban J connectivity index is 1.57. The molecular weight excluding hydrogens is 364 g/mol. The van der Waals surface area contributed by atoms with Crippen molar-refractivity contribution in [3.05, 3.63) is 59.7 Å². The van der Waals surface area contributed by atoms with Crippen molar-refractivity contribution >= 4 is 15.9 Å². The van der Waals surface area contributed by atoms with Gasteiger partial charge in [-0.1, -0.05) is 30.3 Å². The summed E-state index contributed by atoms with van der Waals surface area (Å²) in [5, 5.41) is 2.88. The van der Waals surface area contributed by atoms with Crippen molar-refractivity contribution in [2.75, 3.05) is 6.61 Å². The summed E-state index contributed by atoms with van der Waals surface area (Å²) < 4.78 is 32.7. The SMILES string of the molecule is Cc1cc(S(=O)(=O)NC2CC2)ccc1OCC(=O)N[C@@H](C)c1ccccc1. The second-order valence-corrected chi connectivity index (χ2v) is 8.53. The molecule has 0 aliphatic heterocycles. The van der Waals surface area contributed by atoms with Gasteiger partial charge in [0.25, 0.3) is 5.91 Å². The molecule has 0 bridgehead atoms. The smallest absolute Gasteiger partial charge is 0.258 e. The summed E-state index contributed by atoms with van der Waals surface area (Å²) in [4.78, 5) is 12.3. The fourth-order valence-electron chi connectivity index (χ4n) is 2.69. The lowest BCUT2D eigenvalue weighted by atomic mass is 10.1. The van der Waals surface area contributed by atoms with Gasteiger partial charge in [0.15, 0.2) is 6.61 Å². The second kappa shape index (κ2) is 8.10. The molecule has 0 spiro atoms. The largest absolute Gasteiger partial charge is 0.484 e. The Kier molecular flexibility index (Phi) is 5.82. The lowest BCUT2D eigenvalue weighted by Gasteiger charge is -2.15. The number of hydrogen-bond donors (Lipinski definition) is 2. The summed E-state index contributed by atoms with van der Waals surface area (Å²) in [6, 6.07) is 14.2. The van der Waals surface area contributed by atoms with Crippen molar-refractivity contribution in [1.82, 2.24) is 10.0 Å².